The van der Waals surface area contributed by atoms with E-state index in [2.05, 4.69) is 30.7 Å². The number of methoxy groups -OCH3 is 2. The Morgan fingerprint density at radius 2 is 1.14 bits per heavy atom. The molecule has 2 saturated heterocycles. The number of esters is 2. The van der Waals surface area contributed by atoms with Crippen LogP contribution in [0.15, 0.2) is 94.0 Å². The van der Waals surface area contributed by atoms with Crippen molar-refractivity contribution >= 4 is 81.4 Å². The Morgan fingerprint density at radius 1 is 0.675 bits per heavy atom. The summed E-state index contributed by atoms with van der Waals surface area (Å²) < 4.78 is 32.0. The number of pyridine rings is 2. The summed E-state index contributed by atoms with van der Waals surface area (Å²) in [7, 11) is 3.04. The van der Waals surface area contributed by atoms with Gasteiger partial charge in [-0.2, -0.15) is 0 Å². The largest absolute Gasteiger partial charge is 1.00 e. The number of halogens is 1. The molecule has 10 rings (SSSR count). The number of furan rings is 2. The number of amides is 8. The number of hydrogen-bond acceptors (Lipinski definition) is 17. The number of ether oxygens (including phenoxy) is 4. The van der Waals surface area contributed by atoms with Gasteiger partial charge in [-0.3, -0.25) is 44.1 Å². The van der Waals surface area contributed by atoms with E-state index in [-0.39, 0.29) is 90.0 Å². The summed E-state index contributed by atoms with van der Waals surface area (Å²) in [5.41, 5.74) is -0.0775. The van der Waals surface area contributed by atoms with Gasteiger partial charge in [-0.15, -0.1) is 0 Å². The molecule has 4 aliphatic rings. The Labute approximate surface area is 467 Å². The van der Waals surface area contributed by atoms with E-state index >= 15 is 0 Å². The van der Waals surface area contributed by atoms with Crippen molar-refractivity contribution in [2.45, 2.75) is 65.7 Å². The van der Waals surface area contributed by atoms with Gasteiger partial charge in [-0.1, -0.05) is 23.7 Å². The molecule has 2 atom stereocenters. The fourth-order valence-corrected chi connectivity index (χ4v) is 8.58. The van der Waals surface area contributed by atoms with E-state index in [0.717, 1.165) is 16.0 Å². The summed E-state index contributed by atoms with van der Waals surface area (Å²) in [6, 6.07) is 18.9. The molecular formula is C52H54ClN8NaO15. The zero-order valence-corrected chi connectivity index (χ0v) is 46.4. The molecule has 0 bridgehead atoms. The van der Waals surface area contributed by atoms with Crippen molar-refractivity contribution in [1.82, 2.24) is 40.6 Å². The van der Waals surface area contributed by atoms with E-state index in [4.69, 9.17) is 34.6 Å². The second-order valence-electron chi connectivity index (χ2n) is 19.8. The van der Waals surface area contributed by atoms with Crippen molar-refractivity contribution in [1.29, 1.82) is 0 Å². The van der Waals surface area contributed by atoms with Crippen molar-refractivity contribution in [3.8, 4) is 11.5 Å². The van der Waals surface area contributed by atoms with Crippen molar-refractivity contribution in [3.05, 3.63) is 119 Å². The number of alkyl halides is 1. The number of aromatic nitrogens is 2. The van der Waals surface area contributed by atoms with Crippen LogP contribution in [0.2, 0.25) is 0 Å². The Bertz CT molecular complexity index is 3230. The molecule has 2 aromatic carbocycles. The molecule has 8 heterocycles. The summed E-state index contributed by atoms with van der Waals surface area (Å²) in [5, 5.41) is 7.61. The second-order valence-corrected chi connectivity index (χ2v) is 20.1. The fourth-order valence-electron chi connectivity index (χ4n) is 8.48. The van der Waals surface area contributed by atoms with Gasteiger partial charge in [-0.25, -0.2) is 14.5 Å². The molecule has 6 aromatic rings. The molecule has 0 saturated carbocycles. The zero-order chi connectivity index (χ0) is 54.2. The number of rotatable bonds is 11. The number of nitrogens with zero attached hydrogens (tertiary/aromatic N) is 5. The topological polar surface area (TPSA) is 301 Å². The van der Waals surface area contributed by atoms with E-state index in [1.165, 1.54) is 24.0 Å². The van der Waals surface area contributed by atoms with Crippen LogP contribution < -0.4 is 55.0 Å². The van der Waals surface area contributed by atoms with Crippen molar-refractivity contribution in [2.24, 2.45) is 10.8 Å². The maximum atomic E-state index is 13.9. The van der Waals surface area contributed by atoms with Crippen LogP contribution >= 0.6 is 11.6 Å². The summed E-state index contributed by atoms with van der Waals surface area (Å²) in [6.07, 6.45) is 3.19. The Balaban J connectivity index is 0.000000214. The van der Waals surface area contributed by atoms with E-state index in [0.29, 0.717) is 51.4 Å². The van der Waals surface area contributed by atoms with Gasteiger partial charge in [0.05, 0.1) is 38.1 Å². The summed E-state index contributed by atoms with van der Waals surface area (Å²) in [4.78, 5) is 113. The molecule has 77 heavy (non-hydrogen) atoms. The number of nitrogens with one attached hydrogen (secondary N) is 3. The number of carbonyl (C=O) groups is 8. The summed E-state index contributed by atoms with van der Waals surface area (Å²) >= 11 is 5.16. The first-order valence-electron chi connectivity index (χ1n) is 23.3. The normalized spacial score (nSPS) is 18.4. The third-order valence-electron chi connectivity index (χ3n) is 12.5. The van der Waals surface area contributed by atoms with Crippen molar-refractivity contribution in [2.75, 3.05) is 40.1 Å². The maximum Gasteiger partial charge on any atom is 1.00 e. The van der Waals surface area contributed by atoms with Gasteiger partial charge >= 0.3 is 53.6 Å². The standard InChI is InChI=1S/C26H26N4O7.C20H16N4O5.C6H11ClO2.Na.H2O/c1-25(2,3)23(33)36-14-30-22(32)26(28-24(30)34,20-11-18-19(37-20)6-5-9-27-18)13-29-12-15-7-8-16(35-4)10-17(15)21(29)31;1-28-12-5-4-11-9-24(17(25)13(11)7-12)10-20(18(26)22-19(27)23-20)16-8-14-15(29-16)3-2-6-21-14;1-6(2,3)5(8)9-4-7;;/h5-11H,12-14H2,1-4H3,(H,28,34);2-8H,9-10H2,1H3,(H2,22,23,26,27);4H2,1-3H3;;1H2/q;;;+1;/p-1/t26-;20-;;;/m00.../s1. The average molecular weight is 1090 g/mol. The van der Waals surface area contributed by atoms with Gasteiger partial charge in [0.15, 0.2) is 35.0 Å². The number of benzene rings is 2. The molecular weight excluding hydrogens is 1040 g/mol. The van der Waals surface area contributed by atoms with Crippen LogP contribution in [-0.4, -0.2) is 118 Å². The predicted octanol–water partition coefficient (Wildman–Crippen LogP) is 2.91. The van der Waals surface area contributed by atoms with E-state index < -0.39 is 58.5 Å². The van der Waals surface area contributed by atoms with E-state index in [1.807, 2.05) is 6.07 Å². The Kier molecular flexibility index (Phi) is 17.5. The number of urea groups is 2. The molecule has 4 N–H and O–H groups in total. The van der Waals surface area contributed by atoms with Crippen LogP contribution in [-0.2, 0) is 52.8 Å². The second kappa shape index (κ2) is 23.0. The number of hydrogen-bond donors (Lipinski definition) is 3. The van der Waals surface area contributed by atoms with Crippen LogP contribution in [0.1, 0.15) is 84.9 Å². The van der Waals surface area contributed by atoms with Gasteiger partial charge < -0.3 is 53.7 Å². The van der Waals surface area contributed by atoms with Crippen LogP contribution in [0, 0.1) is 10.8 Å². The van der Waals surface area contributed by atoms with Crippen LogP contribution in [0.3, 0.4) is 0 Å². The average Bonchev–Trinajstić information content (AvgIpc) is 4.23. The van der Waals surface area contributed by atoms with Crippen LogP contribution in [0.5, 0.6) is 11.5 Å². The SMILES string of the molecule is CC(C)(C)C(=O)OCCl.COc1ccc2c(c1)C(=O)N(C[C@@]1(c3cc4ncccc4o3)NC(=O)N(COC(=O)C(C)(C)C)C1=O)C2.COc1ccc2c(c1)C(=O)N(C[C@@]1(c3cc4ncccc4o3)NC(=O)NC1=O)C2.[Na+].[OH-]. The van der Waals surface area contributed by atoms with Crippen LogP contribution in [0.25, 0.3) is 22.2 Å². The monoisotopic (exact) mass is 1090 g/mol. The fraction of sp³-hybridized carbons (Fsp3) is 0.346. The third kappa shape index (κ3) is 11.7. The van der Waals surface area contributed by atoms with Crippen molar-refractivity contribution < 1.29 is 101 Å². The quantitative estimate of drug-likeness (QED) is 0.0727. The molecule has 25 heteroatoms. The van der Waals surface area contributed by atoms with Crippen LogP contribution in [0.4, 0.5) is 9.59 Å². The number of imide groups is 2. The third-order valence-corrected chi connectivity index (χ3v) is 12.6. The Morgan fingerprint density at radius 3 is 1.56 bits per heavy atom. The smallest absolute Gasteiger partial charge is 0.870 e. The molecule has 23 nitrogen and oxygen atoms in total. The molecule has 0 radical (unpaired) electrons. The molecule has 2 fully saturated rings. The van der Waals surface area contributed by atoms with E-state index in [9.17, 15) is 38.4 Å². The van der Waals surface area contributed by atoms with Gasteiger partial charge in [0, 0.05) is 48.7 Å². The molecule has 0 aliphatic carbocycles. The zero-order valence-electron chi connectivity index (χ0n) is 43.6. The minimum absolute atomic E-state index is 0. The summed E-state index contributed by atoms with van der Waals surface area (Å²) in [6.45, 7) is 9.99. The first kappa shape index (κ1) is 58.7. The molecule has 0 spiro atoms. The van der Waals surface area contributed by atoms with Gasteiger partial charge in [0.2, 0.25) is 0 Å². The minimum Gasteiger partial charge on any atom is -0.870 e. The summed E-state index contributed by atoms with van der Waals surface area (Å²) in [5.74, 6) is -1.25. The first-order chi connectivity index (χ1) is 35.5. The molecule has 0 unspecified atom stereocenters. The molecule has 4 aromatic heterocycles. The number of fused-ring (bicyclic) bond motifs is 4. The molecule has 400 valence electrons. The molecule has 8 amide bonds. The first-order valence-corrected chi connectivity index (χ1v) is 23.9. The minimum atomic E-state index is -1.76. The van der Waals surface area contributed by atoms with Gasteiger partial charge in [0.1, 0.15) is 34.1 Å². The van der Waals surface area contributed by atoms with Gasteiger partial charge in [-0.05, 0) is 101 Å². The Hall–Kier alpha value is -7.57. The van der Waals surface area contributed by atoms with E-state index in [1.54, 1.807) is 121 Å². The van der Waals surface area contributed by atoms with Gasteiger partial charge in [0.25, 0.3) is 23.6 Å². The maximum absolute atomic E-state index is 13.9. The molecule has 4 aliphatic heterocycles. The van der Waals surface area contributed by atoms with Crippen molar-refractivity contribution in [3.63, 3.8) is 0 Å². The number of carbonyl (C=O) groups excluding carboxylic acids is 8. The predicted molar refractivity (Wildman–Crippen MR) is 268 cm³/mol.